The highest BCUT2D eigenvalue weighted by atomic mass is 16.6. The smallest absolute Gasteiger partial charge is 0.353 e. The van der Waals surface area contributed by atoms with Crippen LogP contribution in [0.5, 0.6) is 5.75 Å². The molecule has 0 aliphatic carbocycles. The van der Waals surface area contributed by atoms with Gasteiger partial charge in [0.2, 0.25) is 17.6 Å². The van der Waals surface area contributed by atoms with Crippen LogP contribution in [0.2, 0.25) is 0 Å². The highest BCUT2D eigenvalue weighted by Gasteiger charge is 2.24. The van der Waals surface area contributed by atoms with Gasteiger partial charge in [-0.15, -0.1) is 0 Å². The molecule has 9 nitrogen and oxygen atoms in total. The minimum Gasteiger partial charge on any atom is -0.495 e. The molecule has 0 amide bonds. The van der Waals surface area contributed by atoms with Crippen molar-refractivity contribution >= 4 is 29.0 Å². The molecule has 0 radical (unpaired) electrons. The fourth-order valence-electron chi connectivity index (χ4n) is 2.00. The average Bonchev–Trinajstić information content (AvgIpc) is 2.54. The van der Waals surface area contributed by atoms with Crippen molar-refractivity contribution in [1.29, 1.82) is 0 Å². The van der Waals surface area contributed by atoms with Crippen LogP contribution in [0.1, 0.15) is 20.3 Å². The molecular formula is C15H20N6O3. The summed E-state index contributed by atoms with van der Waals surface area (Å²) in [4.78, 5) is 18.9. The molecule has 0 aliphatic rings. The lowest BCUT2D eigenvalue weighted by Crippen LogP contribution is -2.17. The number of para-hydroxylation sites is 2. The summed E-state index contributed by atoms with van der Waals surface area (Å²) in [6.07, 6.45) is 0.843. The zero-order valence-corrected chi connectivity index (χ0v) is 13.7. The third-order valence-corrected chi connectivity index (χ3v) is 3.44. The molecule has 1 atom stereocenters. The first-order chi connectivity index (χ1) is 11.5. The second-order valence-corrected chi connectivity index (χ2v) is 5.17. The molecule has 0 saturated heterocycles. The number of aromatic nitrogens is 2. The van der Waals surface area contributed by atoms with Gasteiger partial charge in [-0.25, -0.2) is 0 Å². The molecule has 1 aromatic heterocycles. The number of nitrogens with zero attached hydrogens (tertiary/aromatic N) is 3. The maximum atomic E-state index is 11.3. The summed E-state index contributed by atoms with van der Waals surface area (Å²) in [5.74, 6) is 0.547. The molecular weight excluding hydrogens is 312 g/mol. The molecule has 24 heavy (non-hydrogen) atoms. The van der Waals surface area contributed by atoms with Crippen LogP contribution in [0.4, 0.5) is 29.0 Å². The Hall–Kier alpha value is -3.10. The number of methoxy groups -OCH3 is 1. The number of nitrogens with one attached hydrogen (secondary N) is 2. The van der Waals surface area contributed by atoms with Crippen LogP contribution in [0.25, 0.3) is 0 Å². The maximum absolute atomic E-state index is 11.3. The fraction of sp³-hybridized carbons (Fsp3) is 0.333. The van der Waals surface area contributed by atoms with Gasteiger partial charge in [-0.3, -0.25) is 10.1 Å². The Morgan fingerprint density at radius 2 is 2.08 bits per heavy atom. The fourth-order valence-corrected chi connectivity index (χ4v) is 2.00. The molecule has 9 heteroatoms. The number of hydrogen-bond acceptors (Lipinski definition) is 8. The lowest BCUT2D eigenvalue weighted by molar-refractivity contribution is -0.383. The van der Waals surface area contributed by atoms with E-state index in [9.17, 15) is 10.1 Å². The summed E-state index contributed by atoms with van der Waals surface area (Å²) in [6.45, 7) is 3.95. The first-order valence-electron chi connectivity index (χ1n) is 7.44. The normalized spacial score (nSPS) is 11.6. The number of nitro groups is 1. The van der Waals surface area contributed by atoms with Crippen LogP contribution in [-0.4, -0.2) is 28.0 Å². The molecule has 2 rings (SSSR count). The van der Waals surface area contributed by atoms with Gasteiger partial charge >= 0.3 is 5.69 Å². The van der Waals surface area contributed by atoms with Gasteiger partial charge in [0.1, 0.15) is 5.75 Å². The van der Waals surface area contributed by atoms with Gasteiger partial charge in [-0.05, 0) is 25.5 Å². The van der Waals surface area contributed by atoms with E-state index in [-0.39, 0.29) is 29.3 Å². The minimum absolute atomic E-state index is 0.00260. The molecule has 128 valence electrons. The molecule has 2 aromatic rings. The molecule has 0 bridgehead atoms. The van der Waals surface area contributed by atoms with Gasteiger partial charge in [0.15, 0.2) is 0 Å². The van der Waals surface area contributed by atoms with Crippen LogP contribution >= 0.6 is 0 Å². The monoisotopic (exact) mass is 332 g/mol. The van der Waals surface area contributed by atoms with Gasteiger partial charge < -0.3 is 21.1 Å². The Kier molecular flexibility index (Phi) is 5.35. The molecule has 1 heterocycles. The second-order valence-electron chi connectivity index (χ2n) is 5.17. The summed E-state index contributed by atoms with van der Waals surface area (Å²) >= 11 is 0. The quantitative estimate of drug-likeness (QED) is 0.521. The van der Waals surface area contributed by atoms with Crippen molar-refractivity contribution in [2.24, 2.45) is 0 Å². The van der Waals surface area contributed by atoms with E-state index in [1.54, 1.807) is 24.3 Å². The summed E-state index contributed by atoms with van der Waals surface area (Å²) in [5, 5.41) is 17.3. The van der Waals surface area contributed by atoms with Gasteiger partial charge in [0.05, 0.1) is 17.7 Å². The van der Waals surface area contributed by atoms with E-state index in [1.807, 2.05) is 13.8 Å². The maximum Gasteiger partial charge on any atom is 0.353 e. The first kappa shape index (κ1) is 17.3. The van der Waals surface area contributed by atoms with Crippen molar-refractivity contribution in [2.75, 3.05) is 23.5 Å². The number of anilines is 4. The van der Waals surface area contributed by atoms with E-state index >= 15 is 0 Å². The Balaban J connectivity index is 2.47. The SMILES string of the molecule is CC[C@@H](C)Nc1nc(N)c([N+](=O)[O-])c(Nc2ccccc2OC)n1. The Bertz CT molecular complexity index is 737. The van der Waals surface area contributed by atoms with Crippen LogP contribution in [-0.2, 0) is 0 Å². The molecule has 4 N–H and O–H groups in total. The number of ether oxygens (including phenoxy) is 1. The van der Waals surface area contributed by atoms with Gasteiger partial charge in [-0.1, -0.05) is 19.1 Å². The average molecular weight is 332 g/mol. The Morgan fingerprint density at radius 3 is 2.71 bits per heavy atom. The van der Waals surface area contributed by atoms with Crippen molar-refractivity contribution < 1.29 is 9.66 Å². The molecule has 0 unspecified atom stereocenters. The summed E-state index contributed by atoms with van der Waals surface area (Å²) in [6, 6.07) is 7.13. The van der Waals surface area contributed by atoms with Crippen molar-refractivity contribution in [3.63, 3.8) is 0 Å². The van der Waals surface area contributed by atoms with Crippen molar-refractivity contribution in [1.82, 2.24) is 9.97 Å². The predicted octanol–water partition coefficient (Wildman–Crippen LogP) is 2.93. The molecule has 0 aliphatic heterocycles. The topological polar surface area (TPSA) is 128 Å². The Labute approximate surface area is 139 Å². The van der Waals surface area contributed by atoms with E-state index in [0.717, 1.165) is 6.42 Å². The van der Waals surface area contributed by atoms with Crippen molar-refractivity contribution in [3.05, 3.63) is 34.4 Å². The predicted molar refractivity (Wildman–Crippen MR) is 92.8 cm³/mol. The summed E-state index contributed by atoms with van der Waals surface area (Å²) in [7, 11) is 1.51. The van der Waals surface area contributed by atoms with Gasteiger partial charge in [0, 0.05) is 6.04 Å². The lowest BCUT2D eigenvalue weighted by Gasteiger charge is -2.14. The highest BCUT2D eigenvalue weighted by Crippen LogP contribution is 2.34. The zero-order valence-electron chi connectivity index (χ0n) is 13.7. The summed E-state index contributed by atoms with van der Waals surface area (Å²) in [5.41, 5.74) is 5.92. The third kappa shape index (κ3) is 3.80. The van der Waals surface area contributed by atoms with Crippen molar-refractivity contribution in [3.8, 4) is 5.75 Å². The van der Waals surface area contributed by atoms with Crippen molar-refractivity contribution in [2.45, 2.75) is 26.3 Å². The number of rotatable bonds is 7. The zero-order chi connectivity index (χ0) is 17.7. The number of hydrogen-bond donors (Lipinski definition) is 3. The van der Waals surface area contributed by atoms with E-state index < -0.39 is 4.92 Å². The number of nitrogens with two attached hydrogens (primary N) is 1. The molecule has 0 spiro atoms. The lowest BCUT2D eigenvalue weighted by atomic mass is 10.2. The highest BCUT2D eigenvalue weighted by molar-refractivity contribution is 5.76. The standard InChI is InChI=1S/C15H20N6O3/c1-4-9(2)17-15-19-13(16)12(21(22)23)14(20-15)18-10-7-5-6-8-11(10)24-3/h5-9H,4H2,1-3H3,(H4,16,17,18,19,20)/t9-/m1/s1. The molecule has 0 saturated carbocycles. The van der Waals surface area contributed by atoms with Crippen LogP contribution in [0.3, 0.4) is 0 Å². The molecule has 1 aromatic carbocycles. The number of nitrogen functional groups attached to an aromatic ring is 1. The summed E-state index contributed by atoms with van der Waals surface area (Å²) < 4.78 is 5.24. The van der Waals surface area contributed by atoms with E-state index in [4.69, 9.17) is 10.5 Å². The van der Waals surface area contributed by atoms with E-state index in [1.165, 1.54) is 7.11 Å². The Morgan fingerprint density at radius 1 is 1.38 bits per heavy atom. The van der Waals surface area contributed by atoms with Crippen LogP contribution < -0.4 is 21.1 Å². The minimum atomic E-state index is -0.611. The van der Waals surface area contributed by atoms with Gasteiger partial charge in [-0.2, -0.15) is 9.97 Å². The first-order valence-corrected chi connectivity index (χ1v) is 7.44. The third-order valence-electron chi connectivity index (χ3n) is 3.44. The van der Waals surface area contributed by atoms with Crippen LogP contribution in [0, 0.1) is 10.1 Å². The van der Waals surface area contributed by atoms with E-state index in [2.05, 4.69) is 20.6 Å². The van der Waals surface area contributed by atoms with Crippen LogP contribution in [0.15, 0.2) is 24.3 Å². The number of benzene rings is 1. The molecule has 0 fully saturated rings. The largest absolute Gasteiger partial charge is 0.495 e. The van der Waals surface area contributed by atoms with Gasteiger partial charge in [0.25, 0.3) is 0 Å². The second kappa shape index (κ2) is 7.44. The van der Waals surface area contributed by atoms with E-state index in [0.29, 0.717) is 11.4 Å².